The predicted octanol–water partition coefficient (Wildman–Crippen LogP) is 3.20. The number of hydrogen-bond donors (Lipinski definition) is 2. The largest absolute Gasteiger partial charge is 0.371 e. The van der Waals surface area contributed by atoms with Gasteiger partial charge in [-0.25, -0.2) is 0 Å². The quantitative estimate of drug-likeness (QED) is 0.741. The monoisotopic (exact) mass is 253 g/mol. The van der Waals surface area contributed by atoms with Gasteiger partial charge in [-0.05, 0) is 50.2 Å². The van der Waals surface area contributed by atoms with E-state index in [0.29, 0.717) is 6.54 Å². The third-order valence-electron chi connectivity index (χ3n) is 3.86. The molecular weight excluding hydrogens is 230 g/mol. The van der Waals surface area contributed by atoms with Crippen LogP contribution in [0.5, 0.6) is 0 Å². The summed E-state index contributed by atoms with van der Waals surface area (Å²) in [6.45, 7) is 3.61. The van der Waals surface area contributed by atoms with E-state index in [1.165, 1.54) is 37.7 Å². The Morgan fingerprint density at radius 2 is 1.94 bits per heavy atom. The summed E-state index contributed by atoms with van der Waals surface area (Å²) < 4.78 is 5.65. The van der Waals surface area contributed by atoms with Gasteiger partial charge in [0.15, 0.2) is 0 Å². The fraction of sp³-hybridized carbons (Fsp3) is 0.714. The van der Waals surface area contributed by atoms with Crippen molar-refractivity contribution in [3.05, 3.63) is 21.6 Å². The van der Waals surface area contributed by atoms with Crippen molar-refractivity contribution in [3.63, 3.8) is 0 Å². The van der Waals surface area contributed by atoms with Gasteiger partial charge >= 0.3 is 0 Å². The number of hydrogen-bond acceptors (Lipinski definition) is 3. The lowest BCUT2D eigenvalue weighted by atomic mass is 9.92. The normalized spacial score (nSPS) is 27.4. The fourth-order valence-corrected chi connectivity index (χ4v) is 3.26. The fourth-order valence-electron chi connectivity index (χ4n) is 2.83. The second-order valence-electron chi connectivity index (χ2n) is 5.03. The van der Waals surface area contributed by atoms with Gasteiger partial charge in [-0.2, -0.15) is 0 Å². The molecular formula is C14H23NOS. The highest BCUT2D eigenvalue weighted by molar-refractivity contribution is 7.84. The van der Waals surface area contributed by atoms with Crippen LogP contribution in [-0.4, -0.2) is 19.3 Å². The Morgan fingerprint density at radius 1 is 1.18 bits per heavy atom. The van der Waals surface area contributed by atoms with Crippen molar-refractivity contribution in [2.45, 2.75) is 51.6 Å². The molecule has 2 N–H and O–H groups in total. The lowest BCUT2D eigenvalue weighted by molar-refractivity contribution is 0.0802. The average Bonchev–Trinajstić information content (AvgIpc) is 2.55. The molecule has 0 aromatic rings. The van der Waals surface area contributed by atoms with Gasteiger partial charge in [0.25, 0.3) is 0 Å². The van der Waals surface area contributed by atoms with Crippen LogP contribution >= 0.6 is 12.6 Å². The minimum atomic E-state index is 0.0191. The molecule has 0 spiro atoms. The molecule has 0 radical (unpaired) electrons. The Hall–Kier alpha value is -0.250. The number of thiol groups is 1. The van der Waals surface area contributed by atoms with E-state index in [9.17, 15) is 0 Å². The number of ether oxygens (including phenoxy) is 1. The summed E-state index contributed by atoms with van der Waals surface area (Å²) in [6.07, 6.45) is 7.48. The predicted molar refractivity (Wildman–Crippen MR) is 75.2 cm³/mol. The first kappa shape index (κ1) is 13.2. The van der Waals surface area contributed by atoms with Crippen molar-refractivity contribution in [2.24, 2.45) is 5.73 Å². The van der Waals surface area contributed by atoms with E-state index >= 15 is 0 Å². The van der Waals surface area contributed by atoms with Crippen LogP contribution in [0.15, 0.2) is 21.6 Å². The van der Waals surface area contributed by atoms with E-state index in [1.54, 1.807) is 11.1 Å². The zero-order chi connectivity index (χ0) is 12.3. The SMILES string of the molecule is CC1=C(C2=C(S)C(CN)OCC2)CCCCC1. The van der Waals surface area contributed by atoms with Gasteiger partial charge in [0.05, 0.1) is 6.61 Å². The summed E-state index contributed by atoms with van der Waals surface area (Å²) in [6, 6.07) is 0. The first-order valence-electron chi connectivity index (χ1n) is 6.66. The summed E-state index contributed by atoms with van der Waals surface area (Å²) in [4.78, 5) is 1.08. The Labute approximate surface area is 110 Å². The molecule has 17 heavy (non-hydrogen) atoms. The first-order valence-corrected chi connectivity index (χ1v) is 7.11. The molecule has 0 aromatic carbocycles. The Morgan fingerprint density at radius 3 is 2.71 bits per heavy atom. The van der Waals surface area contributed by atoms with Gasteiger partial charge in [0, 0.05) is 11.4 Å². The van der Waals surface area contributed by atoms with Crippen LogP contribution in [0.2, 0.25) is 0 Å². The molecule has 1 atom stereocenters. The minimum absolute atomic E-state index is 0.0191. The molecule has 2 nitrogen and oxygen atoms in total. The Bertz CT molecular complexity index is 346. The van der Waals surface area contributed by atoms with E-state index in [0.717, 1.165) is 17.9 Å². The smallest absolute Gasteiger partial charge is 0.100 e. The van der Waals surface area contributed by atoms with Crippen LogP contribution in [-0.2, 0) is 4.74 Å². The molecule has 96 valence electrons. The van der Waals surface area contributed by atoms with E-state index in [1.807, 2.05) is 0 Å². The zero-order valence-electron chi connectivity index (χ0n) is 10.7. The molecule has 0 bridgehead atoms. The van der Waals surface area contributed by atoms with Crippen LogP contribution in [0.1, 0.15) is 45.4 Å². The van der Waals surface area contributed by atoms with E-state index in [4.69, 9.17) is 10.5 Å². The van der Waals surface area contributed by atoms with Crippen molar-refractivity contribution in [3.8, 4) is 0 Å². The van der Waals surface area contributed by atoms with Gasteiger partial charge in [0.2, 0.25) is 0 Å². The maximum Gasteiger partial charge on any atom is 0.100 e. The van der Waals surface area contributed by atoms with Crippen LogP contribution in [0.4, 0.5) is 0 Å². The maximum atomic E-state index is 5.73. The van der Waals surface area contributed by atoms with Crippen molar-refractivity contribution in [1.29, 1.82) is 0 Å². The van der Waals surface area contributed by atoms with Crippen LogP contribution in [0.25, 0.3) is 0 Å². The molecule has 0 saturated carbocycles. The van der Waals surface area contributed by atoms with Crippen molar-refractivity contribution >= 4 is 12.6 Å². The Balaban J connectivity index is 2.30. The van der Waals surface area contributed by atoms with Crippen molar-refractivity contribution < 1.29 is 4.74 Å². The average molecular weight is 253 g/mol. The number of allylic oxidation sites excluding steroid dienone is 2. The van der Waals surface area contributed by atoms with E-state index in [-0.39, 0.29) is 6.10 Å². The molecule has 0 saturated heterocycles. The molecule has 2 aliphatic rings. The van der Waals surface area contributed by atoms with Gasteiger partial charge in [-0.15, -0.1) is 12.6 Å². The third kappa shape index (κ3) is 2.95. The lowest BCUT2D eigenvalue weighted by Gasteiger charge is -2.27. The van der Waals surface area contributed by atoms with Crippen LogP contribution < -0.4 is 5.73 Å². The minimum Gasteiger partial charge on any atom is -0.371 e. The zero-order valence-corrected chi connectivity index (χ0v) is 11.6. The summed E-state index contributed by atoms with van der Waals surface area (Å²) in [5.74, 6) is 0. The summed E-state index contributed by atoms with van der Waals surface area (Å²) in [5, 5.41) is 0. The van der Waals surface area contributed by atoms with Gasteiger partial charge in [0.1, 0.15) is 6.10 Å². The molecule has 3 heteroatoms. The van der Waals surface area contributed by atoms with Gasteiger partial charge in [-0.1, -0.05) is 12.0 Å². The standard InChI is InChI=1S/C14H23NOS/c1-10-5-3-2-4-6-11(10)12-7-8-16-13(9-15)14(12)17/h13,17H,2-9,15H2,1H3. The summed E-state index contributed by atoms with van der Waals surface area (Å²) in [7, 11) is 0. The van der Waals surface area contributed by atoms with Crippen LogP contribution in [0, 0.1) is 0 Å². The highest BCUT2D eigenvalue weighted by Gasteiger charge is 2.23. The molecule has 1 unspecified atom stereocenters. The number of nitrogens with two attached hydrogens (primary N) is 1. The molecule has 0 aromatic heterocycles. The molecule has 2 rings (SSSR count). The summed E-state index contributed by atoms with van der Waals surface area (Å²) >= 11 is 4.66. The number of rotatable bonds is 2. The maximum absolute atomic E-state index is 5.73. The highest BCUT2D eigenvalue weighted by atomic mass is 32.1. The van der Waals surface area contributed by atoms with Gasteiger partial charge in [-0.3, -0.25) is 0 Å². The topological polar surface area (TPSA) is 35.2 Å². The second-order valence-corrected chi connectivity index (χ2v) is 5.51. The first-order chi connectivity index (χ1) is 8.24. The molecule has 0 fully saturated rings. The third-order valence-corrected chi connectivity index (χ3v) is 4.42. The van der Waals surface area contributed by atoms with Crippen LogP contribution in [0.3, 0.4) is 0 Å². The molecule has 1 aliphatic carbocycles. The highest BCUT2D eigenvalue weighted by Crippen LogP contribution is 2.36. The molecule has 0 amide bonds. The Kier molecular flexibility index (Phi) is 4.71. The molecule has 1 heterocycles. The molecule has 1 aliphatic heterocycles. The van der Waals surface area contributed by atoms with Gasteiger partial charge < -0.3 is 10.5 Å². The lowest BCUT2D eigenvalue weighted by Crippen LogP contribution is -2.29. The van der Waals surface area contributed by atoms with Crippen molar-refractivity contribution in [1.82, 2.24) is 0 Å². The van der Waals surface area contributed by atoms with E-state index in [2.05, 4.69) is 19.6 Å². The second kappa shape index (κ2) is 6.07. The van der Waals surface area contributed by atoms with Crippen molar-refractivity contribution in [2.75, 3.05) is 13.2 Å². The summed E-state index contributed by atoms with van der Waals surface area (Å²) in [5.41, 5.74) is 10.3. The van der Waals surface area contributed by atoms with E-state index < -0.39 is 0 Å².